The van der Waals surface area contributed by atoms with Gasteiger partial charge in [0.05, 0.1) is 11.9 Å². The van der Waals surface area contributed by atoms with E-state index in [1.165, 1.54) is 18.5 Å². The van der Waals surface area contributed by atoms with Crippen LogP contribution < -0.4 is 4.74 Å². The zero-order valence-electron chi connectivity index (χ0n) is 14.9. The first kappa shape index (κ1) is 20.0. The number of ether oxygens (including phenoxy) is 1. The number of para-hydroxylation sites is 1. The van der Waals surface area contributed by atoms with Gasteiger partial charge in [-0.1, -0.05) is 24.3 Å². The van der Waals surface area contributed by atoms with E-state index in [0.29, 0.717) is 11.1 Å². The number of alkyl halides is 1. The minimum Gasteiger partial charge on any atom is -0.493 e. The van der Waals surface area contributed by atoms with Gasteiger partial charge in [0.1, 0.15) is 11.2 Å². The lowest BCUT2D eigenvalue weighted by Gasteiger charge is -2.50. The van der Waals surface area contributed by atoms with Crippen molar-refractivity contribution < 1.29 is 29.6 Å². The Morgan fingerprint density at radius 1 is 1.22 bits per heavy atom. The highest BCUT2D eigenvalue weighted by molar-refractivity contribution is 8.00. The van der Waals surface area contributed by atoms with E-state index in [0.717, 1.165) is 11.8 Å². The molecule has 0 bridgehead atoms. The van der Waals surface area contributed by atoms with E-state index < -0.39 is 28.2 Å². The Kier molecular flexibility index (Phi) is 5.47. The molecule has 27 heavy (non-hydrogen) atoms. The Morgan fingerprint density at radius 3 is 2.59 bits per heavy atom. The molecular weight excluding hydrogens is 373 g/mol. The molecule has 4 N–H and O–H groups in total. The average molecular weight is 395 g/mol. The molecule has 0 radical (unpaired) electrons. The molecule has 1 unspecified atom stereocenters. The molecule has 5 atom stereocenters. The van der Waals surface area contributed by atoms with E-state index in [4.69, 9.17) is 4.74 Å². The Balaban J connectivity index is 2.28. The molecule has 2 aromatic rings. The predicted molar refractivity (Wildman–Crippen MR) is 98.9 cm³/mol. The molecule has 0 amide bonds. The van der Waals surface area contributed by atoms with Crippen LogP contribution in [0.2, 0.25) is 0 Å². The number of hydrogen-bond donors (Lipinski definition) is 4. The first-order valence-electron chi connectivity index (χ1n) is 8.53. The summed E-state index contributed by atoms with van der Waals surface area (Å²) in [6.07, 6.45) is 0.705. The maximum absolute atomic E-state index is 15.5. The van der Waals surface area contributed by atoms with E-state index >= 15 is 4.39 Å². The minimum atomic E-state index is -3.54. The van der Waals surface area contributed by atoms with Gasteiger partial charge in [-0.15, -0.1) is 11.8 Å². The van der Waals surface area contributed by atoms with Gasteiger partial charge in [0.2, 0.25) is 0 Å². The Hall–Kier alpha value is -1.71. The monoisotopic (exact) mass is 395 g/mol. The van der Waals surface area contributed by atoms with E-state index in [1.807, 2.05) is 0 Å². The first-order valence-corrected chi connectivity index (χ1v) is 9.47. The van der Waals surface area contributed by atoms with Gasteiger partial charge in [-0.25, -0.2) is 4.39 Å². The van der Waals surface area contributed by atoms with Gasteiger partial charge in [0.25, 0.3) is 5.85 Å². The van der Waals surface area contributed by atoms with Crippen molar-refractivity contribution in [1.82, 2.24) is 4.98 Å². The zero-order chi connectivity index (χ0) is 19.8. The fourth-order valence-corrected chi connectivity index (χ4v) is 4.77. The fourth-order valence-electron chi connectivity index (χ4n) is 3.38. The zero-order valence-corrected chi connectivity index (χ0v) is 15.7. The van der Waals surface area contributed by atoms with Crippen molar-refractivity contribution in [1.29, 1.82) is 0 Å². The van der Waals surface area contributed by atoms with Gasteiger partial charge in [0.15, 0.2) is 11.7 Å². The van der Waals surface area contributed by atoms with Crippen LogP contribution in [0.1, 0.15) is 28.9 Å². The molecule has 0 saturated carbocycles. The van der Waals surface area contributed by atoms with Crippen LogP contribution in [0.3, 0.4) is 0 Å². The number of aromatic nitrogens is 1. The van der Waals surface area contributed by atoms with Crippen LogP contribution in [0.4, 0.5) is 4.39 Å². The molecule has 0 spiro atoms. The van der Waals surface area contributed by atoms with Gasteiger partial charge < -0.3 is 25.2 Å². The molecule has 1 fully saturated rings. The summed E-state index contributed by atoms with van der Waals surface area (Å²) in [6.45, 7) is 3.73. The summed E-state index contributed by atoms with van der Waals surface area (Å²) < 4.78 is 21.2. The second-order valence-corrected chi connectivity index (χ2v) is 7.69. The molecule has 2 heterocycles. The highest BCUT2D eigenvalue weighted by atomic mass is 32.2. The van der Waals surface area contributed by atoms with Gasteiger partial charge >= 0.3 is 0 Å². The second-order valence-electron chi connectivity index (χ2n) is 6.46. The largest absolute Gasteiger partial charge is 0.493 e. The molecule has 146 valence electrons. The molecule has 1 aromatic carbocycles. The number of halogens is 1. The third-order valence-electron chi connectivity index (χ3n) is 4.75. The van der Waals surface area contributed by atoms with Crippen LogP contribution in [0.15, 0.2) is 42.7 Å². The van der Waals surface area contributed by atoms with Crippen LogP contribution in [0, 0.1) is 6.92 Å². The molecule has 6 nitrogen and oxygen atoms in total. The number of benzene rings is 1. The smallest absolute Gasteiger partial charge is 0.271 e. The molecule has 1 saturated heterocycles. The second kappa shape index (κ2) is 7.37. The van der Waals surface area contributed by atoms with Crippen LogP contribution in [0.25, 0.3) is 0 Å². The van der Waals surface area contributed by atoms with Gasteiger partial charge in [0, 0.05) is 18.0 Å². The lowest BCUT2D eigenvalue weighted by molar-refractivity contribution is -0.295. The first-order chi connectivity index (χ1) is 12.7. The highest BCUT2D eigenvalue weighted by Crippen LogP contribution is 2.59. The van der Waals surface area contributed by atoms with E-state index in [-0.39, 0.29) is 17.9 Å². The molecule has 3 rings (SSSR count). The van der Waals surface area contributed by atoms with Gasteiger partial charge in [-0.3, -0.25) is 4.98 Å². The number of aliphatic hydroxyl groups excluding tert-OH is 2. The van der Waals surface area contributed by atoms with Crippen molar-refractivity contribution in [2.24, 2.45) is 0 Å². The lowest BCUT2D eigenvalue weighted by Crippen LogP contribution is -2.64. The van der Waals surface area contributed by atoms with Crippen LogP contribution in [0.5, 0.6) is 5.75 Å². The summed E-state index contributed by atoms with van der Waals surface area (Å²) in [6, 6.07) is 7.98. The molecular formula is C19H22FNO5S. The van der Waals surface area contributed by atoms with Crippen LogP contribution in [-0.2, 0) is 5.60 Å². The number of thioether (sulfide) groups is 1. The average Bonchev–Trinajstić information content (AvgIpc) is 2.66. The van der Waals surface area contributed by atoms with Crippen molar-refractivity contribution in [2.45, 2.75) is 42.1 Å². The molecule has 8 heteroatoms. The molecule has 0 aliphatic carbocycles. The summed E-state index contributed by atoms with van der Waals surface area (Å²) >= 11 is 0.744. The number of hydrogen-bond acceptors (Lipinski definition) is 7. The molecule has 1 aliphatic heterocycles. The van der Waals surface area contributed by atoms with Gasteiger partial charge in [-0.2, -0.15) is 0 Å². The summed E-state index contributed by atoms with van der Waals surface area (Å²) in [5.74, 6) is -3.32. The Bertz CT molecular complexity index is 806. The number of rotatable bonds is 4. The van der Waals surface area contributed by atoms with Crippen molar-refractivity contribution in [3.63, 3.8) is 0 Å². The van der Waals surface area contributed by atoms with Gasteiger partial charge in [-0.05, 0) is 31.0 Å². The number of aliphatic hydroxyl groups is 4. The molecule has 1 aliphatic rings. The SMILES string of the molecule is CCOc1c(C)cccc1[C@@]1(O)C(c2cccnc2)S[C@@H](O)[C@H](O)[C@]1(O)F. The van der Waals surface area contributed by atoms with Crippen LogP contribution in [-0.4, -0.2) is 49.4 Å². The lowest BCUT2D eigenvalue weighted by atomic mass is 9.77. The summed E-state index contributed by atoms with van der Waals surface area (Å²) in [7, 11) is 0. The summed E-state index contributed by atoms with van der Waals surface area (Å²) in [5.41, 5.74) is -3.24. The predicted octanol–water partition coefficient (Wildman–Crippen LogP) is 1.80. The minimum absolute atomic E-state index is 0.0124. The topological polar surface area (TPSA) is 103 Å². The number of nitrogens with zero attached hydrogens (tertiary/aromatic N) is 1. The summed E-state index contributed by atoms with van der Waals surface area (Å²) in [4.78, 5) is 3.98. The summed E-state index contributed by atoms with van der Waals surface area (Å²) in [5, 5.41) is 41.3. The van der Waals surface area contributed by atoms with E-state index in [1.54, 1.807) is 38.1 Å². The third-order valence-corrected chi connectivity index (χ3v) is 6.17. The normalized spacial score (nSPS) is 33.7. The van der Waals surface area contributed by atoms with Crippen molar-refractivity contribution in [3.8, 4) is 5.75 Å². The van der Waals surface area contributed by atoms with Crippen molar-refractivity contribution in [3.05, 3.63) is 59.4 Å². The van der Waals surface area contributed by atoms with Crippen LogP contribution >= 0.6 is 11.8 Å². The number of pyridine rings is 1. The highest BCUT2D eigenvalue weighted by Gasteiger charge is 2.67. The maximum Gasteiger partial charge on any atom is 0.271 e. The Labute approximate surface area is 160 Å². The molecule has 1 aromatic heterocycles. The maximum atomic E-state index is 15.5. The van der Waals surface area contributed by atoms with E-state index in [2.05, 4.69) is 4.98 Å². The Morgan fingerprint density at radius 2 is 1.96 bits per heavy atom. The number of aryl methyl sites for hydroxylation is 1. The van der Waals surface area contributed by atoms with E-state index in [9.17, 15) is 20.4 Å². The third kappa shape index (κ3) is 3.11. The fraction of sp³-hybridized carbons (Fsp3) is 0.421. The van der Waals surface area contributed by atoms with Crippen molar-refractivity contribution >= 4 is 11.8 Å². The quantitative estimate of drug-likeness (QED) is 0.626. The standard InChI is InChI=1S/C19H22FNO5S/c1-3-26-14-11(2)6-4-8-13(14)18(24)16(12-7-5-9-21-10-12)27-17(23)15(22)19(18,20)25/h4-10,15-17,22-25H,3H2,1-2H3/t15-,16?,17+,18+,19+/m0/s1. The van der Waals surface area contributed by atoms with Crippen molar-refractivity contribution in [2.75, 3.05) is 6.61 Å².